The van der Waals surface area contributed by atoms with Gasteiger partial charge in [-0.05, 0) is 63.8 Å². The molecule has 1 unspecified atom stereocenters. The molecule has 1 atom stereocenters. The molecule has 1 fully saturated rings. The van der Waals surface area contributed by atoms with Crippen LogP contribution in [0.1, 0.15) is 95.9 Å². The first-order valence-corrected chi connectivity index (χ1v) is 17.1. The molecule has 1 saturated carbocycles. The van der Waals surface area contributed by atoms with E-state index in [2.05, 4.69) is 25.4 Å². The second-order valence-electron chi connectivity index (χ2n) is 10.8. The first-order chi connectivity index (χ1) is 22.2. The van der Waals surface area contributed by atoms with Crippen molar-refractivity contribution < 1.29 is 33.4 Å². The Morgan fingerprint density at radius 3 is 2.35 bits per heavy atom. The van der Waals surface area contributed by atoms with Crippen molar-refractivity contribution in [2.75, 3.05) is 25.6 Å². The van der Waals surface area contributed by atoms with Crippen molar-refractivity contribution in [2.45, 2.75) is 89.2 Å². The average Bonchev–Trinajstić information content (AvgIpc) is 3.60. The van der Waals surface area contributed by atoms with Gasteiger partial charge in [-0.15, -0.1) is 21.5 Å². The second-order valence-corrected chi connectivity index (χ2v) is 13.1. The lowest BCUT2D eigenvalue weighted by molar-refractivity contribution is -0.120. The van der Waals surface area contributed by atoms with Crippen LogP contribution in [0.15, 0.2) is 29.4 Å². The van der Waals surface area contributed by atoms with Gasteiger partial charge >= 0.3 is 11.9 Å². The fourth-order valence-electron chi connectivity index (χ4n) is 5.25. The van der Waals surface area contributed by atoms with E-state index in [-0.39, 0.29) is 59.5 Å². The summed E-state index contributed by atoms with van der Waals surface area (Å²) < 4.78 is 17.6. The normalized spacial score (nSPS) is 13.9. The Balaban J connectivity index is 1.49. The van der Waals surface area contributed by atoms with Crippen LogP contribution in [0.2, 0.25) is 0 Å². The standard InChI is InChI=1S/C32H41N5O7S2/c1-6-43-30(40)26-19(3)27(31(41)44-7-2)46-29(26)34-28(39)20(4)45-32-36-35-24(37(32)22-11-9-8-10-12-22)18-33-25(38)17-21-13-15-23(42-5)16-14-21/h13-16,20,22H,6-12,17-18H2,1-5H3,(H,33,38)(H,34,39). The number of anilines is 1. The predicted octanol–water partition coefficient (Wildman–Crippen LogP) is 5.49. The molecule has 1 aliphatic carbocycles. The third kappa shape index (κ3) is 8.66. The van der Waals surface area contributed by atoms with Gasteiger partial charge in [0.15, 0.2) is 11.0 Å². The third-order valence-corrected chi connectivity index (χ3v) is 9.86. The minimum absolute atomic E-state index is 0.137. The molecule has 0 aliphatic heterocycles. The predicted molar refractivity (Wildman–Crippen MR) is 176 cm³/mol. The molecule has 2 amide bonds. The molecule has 0 spiro atoms. The number of carbonyl (C=O) groups excluding carboxylic acids is 4. The van der Waals surface area contributed by atoms with E-state index >= 15 is 0 Å². The lowest BCUT2D eigenvalue weighted by atomic mass is 9.95. The van der Waals surface area contributed by atoms with Crippen molar-refractivity contribution in [1.82, 2.24) is 20.1 Å². The number of nitrogens with zero attached hydrogens (tertiary/aromatic N) is 3. The lowest BCUT2D eigenvalue weighted by Crippen LogP contribution is -2.28. The highest BCUT2D eigenvalue weighted by atomic mass is 32.2. The Labute approximate surface area is 277 Å². The monoisotopic (exact) mass is 671 g/mol. The number of hydrogen-bond donors (Lipinski definition) is 2. The molecule has 248 valence electrons. The summed E-state index contributed by atoms with van der Waals surface area (Å²) in [6, 6.07) is 7.50. The Morgan fingerprint density at radius 2 is 1.70 bits per heavy atom. The number of thiophene rings is 1. The molecule has 14 heteroatoms. The summed E-state index contributed by atoms with van der Waals surface area (Å²) in [4.78, 5) is 51.8. The lowest BCUT2D eigenvalue weighted by Gasteiger charge is -2.26. The van der Waals surface area contributed by atoms with Gasteiger partial charge in [0.05, 0.1) is 44.1 Å². The number of ether oxygens (including phenoxy) is 3. The Morgan fingerprint density at radius 1 is 1.02 bits per heavy atom. The number of amides is 2. The SMILES string of the molecule is CCOC(=O)c1sc(NC(=O)C(C)Sc2nnc(CNC(=O)Cc3ccc(OC)cc3)n2C2CCCCC2)c(C(=O)OCC)c1C. The van der Waals surface area contributed by atoms with Crippen LogP contribution >= 0.6 is 23.1 Å². The van der Waals surface area contributed by atoms with E-state index in [0.717, 1.165) is 54.8 Å². The molecule has 2 heterocycles. The first kappa shape index (κ1) is 35.0. The van der Waals surface area contributed by atoms with Crippen LogP contribution in [0.4, 0.5) is 5.00 Å². The number of nitrogens with one attached hydrogen (secondary N) is 2. The Kier molecular flexibility index (Phi) is 12.6. The molecule has 0 radical (unpaired) electrons. The van der Waals surface area contributed by atoms with E-state index in [1.165, 1.54) is 11.8 Å². The molecular weight excluding hydrogens is 631 g/mol. The van der Waals surface area contributed by atoms with Gasteiger partial charge in [-0.2, -0.15) is 0 Å². The summed E-state index contributed by atoms with van der Waals surface area (Å²) >= 11 is 2.24. The van der Waals surface area contributed by atoms with Crippen molar-refractivity contribution in [3.05, 3.63) is 51.7 Å². The molecule has 2 N–H and O–H groups in total. The summed E-state index contributed by atoms with van der Waals surface area (Å²) in [5, 5.41) is 14.8. The van der Waals surface area contributed by atoms with E-state index in [4.69, 9.17) is 14.2 Å². The van der Waals surface area contributed by atoms with Gasteiger partial charge in [0.25, 0.3) is 0 Å². The Hall–Kier alpha value is -3.91. The van der Waals surface area contributed by atoms with E-state index < -0.39 is 17.2 Å². The smallest absolute Gasteiger partial charge is 0.348 e. The molecule has 2 aromatic heterocycles. The highest BCUT2D eigenvalue weighted by Gasteiger charge is 2.30. The first-order valence-electron chi connectivity index (χ1n) is 15.4. The minimum Gasteiger partial charge on any atom is -0.497 e. The molecule has 0 bridgehead atoms. The molecule has 46 heavy (non-hydrogen) atoms. The topological polar surface area (TPSA) is 151 Å². The van der Waals surface area contributed by atoms with Gasteiger partial charge in [0.2, 0.25) is 11.8 Å². The largest absolute Gasteiger partial charge is 0.497 e. The van der Waals surface area contributed by atoms with Gasteiger partial charge in [-0.3, -0.25) is 9.59 Å². The average molecular weight is 672 g/mol. The van der Waals surface area contributed by atoms with E-state index in [1.807, 2.05) is 24.3 Å². The molecule has 0 saturated heterocycles. The number of carbonyl (C=O) groups is 4. The molecular formula is C32H41N5O7S2. The van der Waals surface area contributed by atoms with Crippen LogP contribution < -0.4 is 15.4 Å². The quantitative estimate of drug-likeness (QED) is 0.166. The van der Waals surface area contributed by atoms with Gasteiger partial charge in [-0.25, -0.2) is 9.59 Å². The Bertz CT molecular complexity index is 1530. The third-order valence-electron chi connectivity index (χ3n) is 7.62. The van der Waals surface area contributed by atoms with E-state index in [0.29, 0.717) is 16.5 Å². The maximum Gasteiger partial charge on any atom is 0.348 e. The van der Waals surface area contributed by atoms with Crippen LogP contribution in [0.25, 0.3) is 0 Å². The second kappa shape index (κ2) is 16.6. The number of rotatable bonds is 14. The van der Waals surface area contributed by atoms with E-state index in [9.17, 15) is 19.2 Å². The van der Waals surface area contributed by atoms with Crippen LogP contribution in [-0.4, -0.2) is 64.1 Å². The zero-order valence-corrected chi connectivity index (χ0v) is 28.5. The maximum atomic E-state index is 13.5. The fraction of sp³-hybridized carbons (Fsp3) is 0.500. The zero-order chi connectivity index (χ0) is 33.2. The minimum atomic E-state index is -0.632. The zero-order valence-electron chi connectivity index (χ0n) is 26.8. The van der Waals surface area contributed by atoms with Gasteiger partial charge < -0.3 is 29.4 Å². The van der Waals surface area contributed by atoms with Gasteiger partial charge in [0.1, 0.15) is 15.6 Å². The van der Waals surface area contributed by atoms with Crippen LogP contribution in [0.5, 0.6) is 5.75 Å². The summed E-state index contributed by atoms with van der Waals surface area (Å²) in [6.45, 7) is 7.28. The summed E-state index contributed by atoms with van der Waals surface area (Å²) in [7, 11) is 1.60. The fourth-order valence-corrected chi connectivity index (χ4v) is 7.28. The number of esters is 2. The number of hydrogen-bond acceptors (Lipinski definition) is 11. The number of thioether (sulfide) groups is 1. The van der Waals surface area contributed by atoms with Crippen LogP contribution in [0.3, 0.4) is 0 Å². The van der Waals surface area contributed by atoms with Crippen molar-refractivity contribution in [3.8, 4) is 5.75 Å². The molecule has 3 aromatic rings. The van der Waals surface area contributed by atoms with Crippen LogP contribution in [0, 0.1) is 6.92 Å². The molecule has 4 rings (SSSR count). The number of aromatic nitrogens is 3. The van der Waals surface area contributed by atoms with Gasteiger partial charge in [0, 0.05) is 6.04 Å². The summed E-state index contributed by atoms with van der Waals surface area (Å²) in [5.41, 5.74) is 1.40. The van der Waals surface area contributed by atoms with Crippen molar-refractivity contribution in [3.63, 3.8) is 0 Å². The molecule has 1 aliphatic rings. The molecule has 12 nitrogen and oxygen atoms in total. The van der Waals surface area contributed by atoms with Crippen molar-refractivity contribution in [2.24, 2.45) is 0 Å². The summed E-state index contributed by atoms with van der Waals surface area (Å²) in [5.74, 6) is -0.358. The number of methoxy groups -OCH3 is 1. The summed E-state index contributed by atoms with van der Waals surface area (Å²) in [6.07, 6.45) is 5.42. The van der Waals surface area contributed by atoms with Crippen molar-refractivity contribution >= 4 is 51.9 Å². The highest BCUT2D eigenvalue weighted by molar-refractivity contribution is 8.00. The van der Waals surface area contributed by atoms with Gasteiger partial charge in [-0.1, -0.05) is 43.2 Å². The maximum absolute atomic E-state index is 13.5. The van der Waals surface area contributed by atoms with E-state index in [1.54, 1.807) is 34.8 Å². The van der Waals surface area contributed by atoms with Crippen molar-refractivity contribution in [1.29, 1.82) is 0 Å². The van der Waals surface area contributed by atoms with Crippen LogP contribution in [-0.2, 0) is 32.0 Å². The molecule has 1 aromatic carbocycles. The number of benzene rings is 1. The highest BCUT2D eigenvalue weighted by Crippen LogP contribution is 2.37.